The van der Waals surface area contributed by atoms with Gasteiger partial charge in [0.05, 0.1) is 6.54 Å². The largest absolute Gasteiger partial charge is 0.481 e. The molecule has 1 atom stereocenters. The van der Waals surface area contributed by atoms with Crippen LogP contribution in [0.4, 0.5) is 0 Å². The highest BCUT2D eigenvalue weighted by Crippen LogP contribution is 1.94. The fraction of sp³-hybridized carbons (Fsp3) is 0.500. The lowest BCUT2D eigenvalue weighted by molar-refractivity contribution is -0.138. The van der Waals surface area contributed by atoms with Crippen molar-refractivity contribution in [3.05, 3.63) is 0 Å². The lowest BCUT2D eigenvalue weighted by atomic mass is 10.2. The van der Waals surface area contributed by atoms with Crippen LogP contribution in [0.3, 0.4) is 0 Å². The molecule has 0 amide bonds. The molecule has 1 heterocycles. The molecule has 0 spiro atoms. The summed E-state index contributed by atoms with van der Waals surface area (Å²) >= 11 is 0. The molecule has 1 unspecified atom stereocenters. The molecule has 2 N–H and O–H groups in total. The van der Waals surface area contributed by atoms with E-state index in [1.54, 1.807) is 0 Å². The van der Waals surface area contributed by atoms with Crippen LogP contribution in [0.25, 0.3) is 0 Å². The lowest BCUT2D eigenvalue weighted by Gasteiger charge is -1.93. The summed E-state index contributed by atoms with van der Waals surface area (Å²) in [6, 6.07) is 0. The lowest BCUT2D eigenvalue weighted by Crippen LogP contribution is -2.19. The second-order valence-electron chi connectivity index (χ2n) is 1.59. The van der Waals surface area contributed by atoms with Crippen LogP contribution in [0.15, 0.2) is 5.10 Å². The summed E-state index contributed by atoms with van der Waals surface area (Å²) in [5.74, 6) is -1.24. The molecule has 4 nitrogen and oxygen atoms in total. The summed E-state index contributed by atoms with van der Waals surface area (Å²) in [4.78, 5) is 10.1. The second-order valence-corrected chi connectivity index (χ2v) is 1.59. The van der Waals surface area contributed by atoms with Crippen LogP contribution in [0, 0.1) is 5.92 Å². The molecule has 0 aromatic rings. The van der Waals surface area contributed by atoms with E-state index in [1.807, 2.05) is 0 Å². The van der Waals surface area contributed by atoms with Gasteiger partial charge in [-0.1, -0.05) is 0 Å². The Balaban J connectivity index is 2.48. The molecule has 0 aromatic carbocycles. The topological polar surface area (TPSA) is 61.7 Å². The van der Waals surface area contributed by atoms with Crippen LogP contribution >= 0.6 is 0 Å². The predicted octanol–water partition coefficient (Wildman–Crippen LogP) is -0.724. The van der Waals surface area contributed by atoms with E-state index in [4.69, 9.17) is 5.11 Å². The molecule has 0 radical (unpaired) electrons. The maximum Gasteiger partial charge on any atom is 0.313 e. The van der Waals surface area contributed by atoms with E-state index >= 15 is 0 Å². The van der Waals surface area contributed by atoms with Gasteiger partial charge >= 0.3 is 5.97 Å². The van der Waals surface area contributed by atoms with Gasteiger partial charge in [-0.3, -0.25) is 4.79 Å². The van der Waals surface area contributed by atoms with Crippen LogP contribution < -0.4 is 5.43 Å². The van der Waals surface area contributed by atoms with Crippen LogP contribution in [-0.4, -0.2) is 23.8 Å². The molecule has 1 aliphatic heterocycles. The summed E-state index contributed by atoms with van der Waals surface area (Å²) in [7, 11) is 0. The fourth-order valence-corrected chi connectivity index (χ4v) is 0.498. The Hall–Kier alpha value is -1.06. The summed E-state index contributed by atoms with van der Waals surface area (Å²) in [5.41, 5.74) is 2.54. The summed E-state index contributed by atoms with van der Waals surface area (Å²) in [6.07, 6.45) is 1.39. The second kappa shape index (κ2) is 1.81. The minimum Gasteiger partial charge on any atom is -0.481 e. The molecule has 0 fully saturated rings. The monoisotopic (exact) mass is 114 g/mol. The van der Waals surface area contributed by atoms with E-state index in [9.17, 15) is 4.79 Å². The first-order valence-electron chi connectivity index (χ1n) is 2.29. The minimum absolute atomic E-state index is 0.421. The van der Waals surface area contributed by atoms with Gasteiger partial charge in [0, 0.05) is 6.21 Å². The molecule has 4 heteroatoms. The normalized spacial score (nSPS) is 25.2. The molecule has 0 bridgehead atoms. The molecule has 0 saturated carbocycles. The Morgan fingerprint density at radius 1 is 2.00 bits per heavy atom. The van der Waals surface area contributed by atoms with Gasteiger partial charge in [-0.25, -0.2) is 0 Å². The maximum atomic E-state index is 10.1. The van der Waals surface area contributed by atoms with Gasteiger partial charge in [0.1, 0.15) is 5.92 Å². The average Bonchev–Trinajstić information content (AvgIpc) is 2.12. The number of aliphatic carboxylic acids is 1. The quantitative estimate of drug-likeness (QED) is 0.472. The highest BCUT2D eigenvalue weighted by atomic mass is 16.4. The summed E-state index contributed by atoms with van der Waals surface area (Å²) in [6.45, 7) is 0.426. The Morgan fingerprint density at radius 2 is 2.75 bits per heavy atom. The number of carbonyl (C=O) groups is 1. The zero-order chi connectivity index (χ0) is 5.98. The molecule has 1 rings (SSSR count). The first-order chi connectivity index (χ1) is 3.80. The highest BCUT2D eigenvalue weighted by molar-refractivity contribution is 5.89. The van der Waals surface area contributed by atoms with Gasteiger partial charge < -0.3 is 10.5 Å². The van der Waals surface area contributed by atoms with Gasteiger partial charge in [0.2, 0.25) is 0 Å². The molecule has 44 valence electrons. The number of hydrogen-bond acceptors (Lipinski definition) is 3. The molecular weight excluding hydrogens is 108 g/mol. The zero-order valence-electron chi connectivity index (χ0n) is 4.16. The van der Waals surface area contributed by atoms with Crippen molar-refractivity contribution in [1.82, 2.24) is 5.43 Å². The third-order valence-corrected chi connectivity index (χ3v) is 0.974. The number of hydrogen-bond donors (Lipinski definition) is 2. The van der Waals surface area contributed by atoms with E-state index in [0.717, 1.165) is 0 Å². The maximum absolute atomic E-state index is 10.1. The third-order valence-electron chi connectivity index (χ3n) is 0.974. The number of nitrogens with zero attached hydrogens (tertiary/aromatic N) is 1. The number of hydrazone groups is 1. The summed E-state index contributed by atoms with van der Waals surface area (Å²) < 4.78 is 0. The fourth-order valence-electron chi connectivity index (χ4n) is 0.498. The Labute approximate surface area is 46.2 Å². The van der Waals surface area contributed by atoms with Crippen LogP contribution in [0.1, 0.15) is 0 Å². The Kier molecular flexibility index (Phi) is 1.15. The van der Waals surface area contributed by atoms with Crippen molar-refractivity contribution in [2.24, 2.45) is 11.0 Å². The first-order valence-corrected chi connectivity index (χ1v) is 2.29. The van der Waals surface area contributed by atoms with Gasteiger partial charge in [-0.05, 0) is 0 Å². The zero-order valence-corrected chi connectivity index (χ0v) is 4.16. The Morgan fingerprint density at radius 3 is 3.00 bits per heavy atom. The van der Waals surface area contributed by atoms with E-state index < -0.39 is 11.9 Å². The van der Waals surface area contributed by atoms with Crippen molar-refractivity contribution in [2.75, 3.05) is 6.54 Å². The number of rotatable bonds is 1. The number of carboxylic acid groups (broad SMARTS) is 1. The average molecular weight is 114 g/mol. The highest BCUT2D eigenvalue weighted by Gasteiger charge is 2.17. The van der Waals surface area contributed by atoms with Crippen molar-refractivity contribution in [3.8, 4) is 0 Å². The molecule has 8 heavy (non-hydrogen) atoms. The molecule has 0 aromatic heterocycles. The van der Waals surface area contributed by atoms with Gasteiger partial charge in [-0.15, -0.1) is 0 Å². The Bertz CT molecular complexity index is 132. The van der Waals surface area contributed by atoms with Crippen molar-refractivity contribution >= 4 is 12.2 Å². The van der Waals surface area contributed by atoms with Crippen LogP contribution in [0.2, 0.25) is 0 Å². The van der Waals surface area contributed by atoms with E-state index in [-0.39, 0.29) is 0 Å². The van der Waals surface area contributed by atoms with Crippen molar-refractivity contribution < 1.29 is 9.90 Å². The van der Waals surface area contributed by atoms with Crippen molar-refractivity contribution in [1.29, 1.82) is 0 Å². The SMILES string of the molecule is O=C(O)C1C=NNC1. The van der Waals surface area contributed by atoms with Gasteiger partial charge in [-0.2, -0.15) is 5.10 Å². The van der Waals surface area contributed by atoms with Crippen LogP contribution in [-0.2, 0) is 4.79 Å². The van der Waals surface area contributed by atoms with Crippen molar-refractivity contribution in [2.45, 2.75) is 0 Å². The molecular formula is C4H6N2O2. The standard InChI is InChI=1S/C4H6N2O2/c7-4(8)3-1-5-6-2-3/h1,3,6H,2H2,(H,7,8). The van der Waals surface area contributed by atoms with Gasteiger partial charge in [0.15, 0.2) is 0 Å². The third kappa shape index (κ3) is 0.776. The van der Waals surface area contributed by atoms with Gasteiger partial charge in [0.25, 0.3) is 0 Å². The van der Waals surface area contributed by atoms with Crippen molar-refractivity contribution in [3.63, 3.8) is 0 Å². The van der Waals surface area contributed by atoms with E-state index in [1.165, 1.54) is 6.21 Å². The van der Waals surface area contributed by atoms with E-state index in [0.29, 0.717) is 6.54 Å². The number of nitrogens with one attached hydrogen (secondary N) is 1. The van der Waals surface area contributed by atoms with E-state index in [2.05, 4.69) is 10.5 Å². The molecule has 0 aliphatic carbocycles. The smallest absolute Gasteiger partial charge is 0.313 e. The molecule has 0 saturated heterocycles. The minimum atomic E-state index is -0.821. The van der Waals surface area contributed by atoms with Crippen LogP contribution in [0.5, 0.6) is 0 Å². The summed E-state index contributed by atoms with van der Waals surface area (Å²) in [5, 5.41) is 11.8. The predicted molar refractivity (Wildman–Crippen MR) is 27.6 cm³/mol. The number of carboxylic acids is 1. The molecule has 1 aliphatic rings. The first kappa shape index (κ1) is 5.08.